The lowest BCUT2D eigenvalue weighted by molar-refractivity contribution is -0.145. The summed E-state index contributed by atoms with van der Waals surface area (Å²) in [5, 5.41) is -0.0954. The van der Waals surface area contributed by atoms with Crippen molar-refractivity contribution in [2.45, 2.75) is 18.4 Å². The van der Waals surface area contributed by atoms with E-state index in [0.717, 1.165) is 12.1 Å². The van der Waals surface area contributed by atoms with Gasteiger partial charge in [-0.05, 0) is 28.1 Å². The van der Waals surface area contributed by atoms with E-state index in [1.165, 1.54) is 0 Å². The highest BCUT2D eigenvalue weighted by atomic mass is 79.9. The van der Waals surface area contributed by atoms with Crippen molar-refractivity contribution in [1.82, 2.24) is 0 Å². The molecule has 1 aromatic carbocycles. The number of benzene rings is 1. The summed E-state index contributed by atoms with van der Waals surface area (Å²) in [4.78, 5) is 0. The van der Waals surface area contributed by atoms with Gasteiger partial charge in [-0.15, -0.1) is 0 Å². The van der Waals surface area contributed by atoms with Crippen molar-refractivity contribution in [2.75, 3.05) is 0 Å². The summed E-state index contributed by atoms with van der Waals surface area (Å²) in [7, 11) is 0. The van der Waals surface area contributed by atoms with E-state index >= 15 is 0 Å². The Hall–Kier alpha value is -0.400. The van der Waals surface area contributed by atoms with Crippen molar-refractivity contribution in [3.8, 4) is 0 Å². The zero-order valence-electron chi connectivity index (χ0n) is 8.03. The zero-order valence-corrected chi connectivity index (χ0v) is 10.4. The number of hydrogen-bond donors (Lipinski definition) is 1. The Kier molecular flexibility index (Phi) is 4.38. The quantitative estimate of drug-likeness (QED) is 0.650. The second kappa shape index (κ2) is 5.07. The largest absolute Gasteiger partial charge is 0.326 e. The van der Waals surface area contributed by atoms with E-state index in [9.17, 15) is 22.0 Å². The van der Waals surface area contributed by atoms with Crippen molar-refractivity contribution in [1.29, 1.82) is 0 Å². The fourth-order valence-corrected chi connectivity index (χ4v) is 1.61. The average Bonchev–Trinajstić information content (AvgIpc) is 2.22. The van der Waals surface area contributed by atoms with Gasteiger partial charge in [0.05, 0.1) is 5.02 Å². The van der Waals surface area contributed by atoms with E-state index in [1.807, 2.05) is 0 Å². The first kappa shape index (κ1) is 14.7. The molecular weight excluding hydrogens is 332 g/mol. The SMILES string of the molecule is NC(c1cc(Cl)c(Br)cc1F)C(F)(F)C(F)F. The molecule has 1 unspecified atom stereocenters. The van der Waals surface area contributed by atoms with Crippen molar-refractivity contribution in [3.05, 3.63) is 33.0 Å². The molecule has 8 heteroatoms. The predicted molar refractivity (Wildman–Crippen MR) is 57.0 cm³/mol. The van der Waals surface area contributed by atoms with Crippen LogP contribution in [0.4, 0.5) is 22.0 Å². The Morgan fingerprint density at radius 3 is 2.29 bits per heavy atom. The molecule has 0 aliphatic heterocycles. The second-order valence-corrected chi connectivity index (χ2v) is 4.50. The lowest BCUT2D eigenvalue weighted by atomic mass is 10.0. The molecule has 0 saturated carbocycles. The molecule has 0 aliphatic carbocycles. The molecule has 0 saturated heterocycles. The Balaban J connectivity index is 3.21. The minimum Gasteiger partial charge on any atom is -0.319 e. The number of halogens is 7. The van der Waals surface area contributed by atoms with E-state index in [1.54, 1.807) is 0 Å². The van der Waals surface area contributed by atoms with Crippen LogP contribution in [-0.2, 0) is 0 Å². The third kappa shape index (κ3) is 2.89. The van der Waals surface area contributed by atoms with Crippen molar-refractivity contribution in [2.24, 2.45) is 5.73 Å². The van der Waals surface area contributed by atoms with Crippen LogP contribution in [0.1, 0.15) is 11.6 Å². The van der Waals surface area contributed by atoms with E-state index in [4.69, 9.17) is 17.3 Å². The summed E-state index contributed by atoms with van der Waals surface area (Å²) in [6.07, 6.45) is -3.99. The number of nitrogens with two attached hydrogens (primary N) is 1. The Bertz CT molecular complexity index is 426. The minimum atomic E-state index is -4.53. The maximum atomic E-state index is 13.3. The van der Waals surface area contributed by atoms with Gasteiger partial charge in [0.2, 0.25) is 0 Å². The highest BCUT2D eigenvalue weighted by molar-refractivity contribution is 9.10. The van der Waals surface area contributed by atoms with Crippen molar-refractivity contribution in [3.63, 3.8) is 0 Å². The molecule has 1 nitrogen and oxygen atoms in total. The smallest absolute Gasteiger partial charge is 0.319 e. The van der Waals surface area contributed by atoms with E-state index in [-0.39, 0.29) is 9.50 Å². The van der Waals surface area contributed by atoms with Crippen LogP contribution in [0.15, 0.2) is 16.6 Å². The van der Waals surface area contributed by atoms with Crippen LogP contribution < -0.4 is 5.73 Å². The lowest BCUT2D eigenvalue weighted by Gasteiger charge is -2.23. The number of alkyl halides is 4. The third-order valence-corrected chi connectivity index (χ3v) is 3.28. The minimum absolute atomic E-state index is 0.0954. The molecule has 0 bridgehead atoms. The summed E-state index contributed by atoms with van der Waals surface area (Å²) >= 11 is 8.42. The highest BCUT2D eigenvalue weighted by Crippen LogP contribution is 2.38. The zero-order chi connectivity index (χ0) is 13.4. The topological polar surface area (TPSA) is 26.0 Å². The van der Waals surface area contributed by atoms with Gasteiger partial charge < -0.3 is 5.73 Å². The molecule has 0 amide bonds. The van der Waals surface area contributed by atoms with Gasteiger partial charge in [-0.1, -0.05) is 11.6 Å². The number of hydrogen-bond acceptors (Lipinski definition) is 1. The van der Waals surface area contributed by atoms with Crippen LogP contribution in [-0.4, -0.2) is 12.3 Å². The maximum absolute atomic E-state index is 13.3. The highest BCUT2D eigenvalue weighted by Gasteiger charge is 2.48. The molecule has 1 atom stereocenters. The first-order valence-corrected chi connectivity index (χ1v) is 5.41. The van der Waals surface area contributed by atoms with Gasteiger partial charge in [0, 0.05) is 10.0 Å². The monoisotopic (exact) mass is 337 g/mol. The predicted octanol–water partition coefficient (Wildman–Crippen LogP) is 4.14. The molecule has 0 heterocycles. The first-order chi connectivity index (χ1) is 7.67. The van der Waals surface area contributed by atoms with Gasteiger partial charge in [-0.25, -0.2) is 13.2 Å². The van der Waals surface area contributed by atoms with Crippen LogP contribution in [0.2, 0.25) is 5.02 Å². The first-order valence-electron chi connectivity index (χ1n) is 4.24. The standard InChI is InChI=1S/C9H6BrClF5N/c10-4-2-6(12)3(1-5(4)11)7(17)9(15,16)8(13)14/h1-2,7-8H,17H2. The van der Waals surface area contributed by atoms with Gasteiger partial charge >= 0.3 is 12.3 Å². The normalized spacial score (nSPS) is 14.2. The Labute approximate surface area is 107 Å². The lowest BCUT2D eigenvalue weighted by Crippen LogP contribution is -2.39. The summed E-state index contributed by atoms with van der Waals surface area (Å²) in [5.74, 6) is -5.66. The van der Waals surface area contributed by atoms with Gasteiger partial charge in [-0.3, -0.25) is 0 Å². The van der Waals surface area contributed by atoms with Gasteiger partial charge in [0.15, 0.2) is 0 Å². The molecule has 0 aliphatic rings. The van der Waals surface area contributed by atoms with Crippen molar-refractivity contribution < 1.29 is 22.0 Å². The second-order valence-electron chi connectivity index (χ2n) is 3.24. The van der Waals surface area contributed by atoms with Gasteiger partial charge in [0.25, 0.3) is 0 Å². The molecular formula is C9H6BrClF5N. The fraction of sp³-hybridized carbons (Fsp3) is 0.333. The summed E-state index contributed by atoms with van der Waals surface area (Å²) < 4.78 is 63.5. The van der Waals surface area contributed by atoms with Gasteiger partial charge in [0.1, 0.15) is 11.9 Å². The van der Waals surface area contributed by atoms with Gasteiger partial charge in [-0.2, -0.15) is 8.78 Å². The molecule has 96 valence electrons. The molecule has 0 radical (unpaired) electrons. The average molecular weight is 339 g/mol. The van der Waals surface area contributed by atoms with E-state index in [0.29, 0.717) is 0 Å². The molecule has 1 aromatic rings. The molecule has 0 spiro atoms. The van der Waals surface area contributed by atoms with Crippen LogP contribution in [0.5, 0.6) is 0 Å². The van der Waals surface area contributed by atoms with E-state index < -0.39 is 29.8 Å². The van der Waals surface area contributed by atoms with E-state index in [2.05, 4.69) is 15.9 Å². The molecule has 0 aromatic heterocycles. The summed E-state index contributed by atoms with van der Waals surface area (Å²) in [6, 6.07) is -0.880. The number of rotatable bonds is 3. The molecule has 1 rings (SSSR count). The van der Waals surface area contributed by atoms with Crippen molar-refractivity contribution >= 4 is 27.5 Å². The fourth-order valence-electron chi connectivity index (χ4n) is 1.12. The molecule has 2 N–H and O–H groups in total. The Morgan fingerprint density at radius 2 is 1.82 bits per heavy atom. The summed E-state index contributed by atoms with van der Waals surface area (Å²) in [5.41, 5.74) is 4.19. The molecule has 0 fully saturated rings. The maximum Gasteiger partial charge on any atom is 0.326 e. The van der Waals surface area contributed by atoms with Crippen LogP contribution in [0.3, 0.4) is 0 Å². The molecule has 17 heavy (non-hydrogen) atoms. The van der Waals surface area contributed by atoms with Crippen LogP contribution >= 0.6 is 27.5 Å². The van der Waals surface area contributed by atoms with Crippen LogP contribution in [0.25, 0.3) is 0 Å². The van der Waals surface area contributed by atoms with Crippen LogP contribution in [0, 0.1) is 5.82 Å². The third-order valence-electron chi connectivity index (χ3n) is 2.08. The Morgan fingerprint density at radius 1 is 1.29 bits per heavy atom. The summed E-state index contributed by atoms with van der Waals surface area (Å²) in [6.45, 7) is 0.